The van der Waals surface area contributed by atoms with E-state index in [1.807, 2.05) is 74.8 Å². The van der Waals surface area contributed by atoms with Crippen LogP contribution in [0.1, 0.15) is 33.6 Å². The molecule has 180 valence electrons. The van der Waals surface area contributed by atoms with E-state index in [1.54, 1.807) is 18.1 Å². The van der Waals surface area contributed by atoms with Crippen molar-refractivity contribution in [2.45, 2.75) is 39.2 Å². The lowest BCUT2D eigenvalue weighted by Gasteiger charge is -2.27. The fourth-order valence-corrected chi connectivity index (χ4v) is 4.04. The predicted molar refractivity (Wildman–Crippen MR) is 132 cm³/mol. The van der Waals surface area contributed by atoms with Crippen LogP contribution in [0.25, 0.3) is 16.9 Å². The van der Waals surface area contributed by atoms with Crippen molar-refractivity contribution in [2.24, 2.45) is 5.92 Å². The first-order chi connectivity index (χ1) is 16.1. The molecule has 0 spiro atoms. The molecule has 0 radical (unpaired) electrons. The van der Waals surface area contributed by atoms with Gasteiger partial charge in [0.2, 0.25) is 5.91 Å². The molecule has 1 saturated heterocycles. The van der Waals surface area contributed by atoms with E-state index in [9.17, 15) is 9.59 Å². The summed E-state index contributed by atoms with van der Waals surface area (Å²) in [7, 11) is 3.50. The van der Waals surface area contributed by atoms with E-state index in [2.05, 4.69) is 4.98 Å². The van der Waals surface area contributed by atoms with Crippen molar-refractivity contribution in [3.63, 3.8) is 0 Å². The normalized spacial score (nSPS) is 14.7. The second-order valence-corrected chi connectivity index (χ2v) is 9.63. The number of hydrogen-bond donors (Lipinski definition) is 0. The Kier molecular flexibility index (Phi) is 6.61. The van der Waals surface area contributed by atoms with E-state index in [0.717, 1.165) is 35.4 Å². The number of aromatic nitrogens is 2. The predicted octanol–water partition coefficient (Wildman–Crippen LogP) is 4.76. The standard InChI is InChI=1S/C26H32N4O4/c1-26(2,3)34-25(32)29(5)21-9-10-23-27-16-22(30(23)17-21)19-7-6-8-20(15-19)28(4)24(31)18-11-13-33-14-12-18/h6-10,15-18H,11-14H2,1-5H3. The van der Waals surface area contributed by atoms with Crippen LogP contribution in [-0.4, -0.2) is 54.3 Å². The van der Waals surface area contributed by atoms with Gasteiger partial charge < -0.3 is 14.4 Å². The van der Waals surface area contributed by atoms with Crippen molar-refractivity contribution < 1.29 is 19.1 Å². The number of ether oxygens (including phenoxy) is 2. The summed E-state index contributed by atoms with van der Waals surface area (Å²) in [6.07, 6.45) is 4.74. The Morgan fingerprint density at radius 2 is 1.79 bits per heavy atom. The molecule has 2 amide bonds. The smallest absolute Gasteiger partial charge is 0.414 e. The highest BCUT2D eigenvalue weighted by Gasteiger charge is 2.25. The van der Waals surface area contributed by atoms with Gasteiger partial charge in [-0.3, -0.25) is 14.1 Å². The summed E-state index contributed by atoms with van der Waals surface area (Å²) >= 11 is 0. The zero-order chi connectivity index (χ0) is 24.5. The summed E-state index contributed by atoms with van der Waals surface area (Å²) in [5.41, 5.74) is 3.48. The Morgan fingerprint density at radius 3 is 2.50 bits per heavy atom. The molecule has 1 aliphatic rings. The van der Waals surface area contributed by atoms with Gasteiger partial charge >= 0.3 is 6.09 Å². The summed E-state index contributed by atoms with van der Waals surface area (Å²) < 4.78 is 12.8. The molecule has 34 heavy (non-hydrogen) atoms. The number of anilines is 2. The van der Waals surface area contributed by atoms with Crippen LogP contribution in [0.3, 0.4) is 0 Å². The summed E-state index contributed by atoms with van der Waals surface area (Å²) in [5.74, 6) is 0.101. The Morgan fingerprint density at radius 1 is 1.06 bits per heavy atom. The van der Waals surface area contributed by atoms with Crippen molar-refractivity contribution in [1.29, 1.82) is 0 Å². The summed E-state index contributed by atoms with van der Waals surface area (Å²) in [6.45, 7) is 6.78. The minimum Gasteiger partial charge on any atom is -0.443 e. The number of fused-ring (bicyclic) bond motifs is 1. The fourth-order valence-electron chi connectivity index (χ4n) is 4.04. The molecule has 1 aliphatic heterocycles. The number of benzene rings is 1. The van der Waals surface area contributed by atoms with Crippen LogP contribution in [0.2, 0.25) is 0 Å². The first-order valence-corrected chi connectivity index (χ1v) is 11.5. The molecule has 0 unspecified atom stereocenters. The van der Waals surface area contributed by atoms with E-state index in [0.29, 0.717) is 18.9 Å². The average Bonchev–Trinajstić information content (AvgIpc) is 3.25. The number of amides is 2. The molecule has 0 bridgehead atoms. The summed E-state index contributed by atoms with van der Waals surface area (Å²) in [5, 5.41) is 0. The maximum Gasteiger partial charge on any atom is 0.414 e. The van der Waals surface area contributed by atoms with Gasteiger partial charge in [0.25, 0.3) is 0 Å². The molecule has 1 aromatic carbocycles. The second-order valence-electron chi connectivity index (χ2n) is 9.63. The third-order valence-electron chi connectivity index (χ3n) is 5.97. The van der Waals surface area contributed by atoms with Gasteiger partial charge in [-0.1, -0.05) is 12.1 Å². The van der Waals surface area contributed by atoms with Gasteiger partial charge in [0.15, 0.2) is 0 Å². The van der Waals surface area contributed by atoms with Gasteiger partial charge in [0, 0.05) is 50.7 Å². The maximum atomic E-state index is 13.0. The number of pyridine rings is 1. The Bertz CT molecular complexity index is 1190. The van der Waals surface area contributed by atoms with Gasteiger partial charge in [-0.05, 0) is 57.9 Å². The lowest BCUT2D eigenvalue weighted by molar-refractivity contribution is -0.124. The highest BCUT2D eigenvalue weighted by molar-refractivity contribution is 5.95. The van der Waals surface area contributed by atoms with Gasteiger partial charge in [-0.15, -0.1) is 0 Å². The average molecular weight is 465 g/mol. The first-order valence-electron chi connectivity index (χ1n) is 11.5. The van der Waals surface area contributed by atoms with Crippen molar-refractivity contribution >= 4 is 29.0 Å². The van der Waals surface area contributed by atoms with Gasteiger partial charge in [-0.2, -0.15) is 0 Å². The van der Waals surface area contributed by atoms with Crippen molar-refractivity contribution in [1.82, 2.24) is 9.38 Å². The monoisotopic (exact) mass is 464 g/mol. The molecule has 4 rings (SSSR count). The third kappa shape index (κ3) is 5.07. The Labute approximate surface area is 200 Å². The zero-order valence-electron chi connectivity index (χ0n) is 20.4. The zero-order valence-corrected chi connectivity index (χ0v) is 20.4. The van der Waals surface area contributed by atoms with E-state index in [1.165, 1.54) is 4.90 Å². The van der Waals surface area contributed by atoms with Gasteiger partial charge in [-0.25, -0.2) is 9.78 Å². The summed E-state index contributed by atoms with van der Waals surface area (Å²) in [4.78, 5) is 33.3. The highest BCUT2D eigenvalue weighted by Crippen LogP contribution is 2.28. The Hall–Kier alpha value is -3.39. The minimum absolute atomic E-state index is 0.0100. The van der Waals surface area contributed by atoms with Crippen molar-refractivity contribution in [2.75, 3.05) is 37.1 Å². The number of carbonyl (C=O) groups is 2. The SMILES string of the molecule is CN(C(=O)OC(C)(C)C)c1ccc2ncc(-c3cccc(N(C)C(=O)C4CCOCC4)c3)n2c1. The van der Waals surface area contributed by atoms with Crippen LogP contribution in [0.5, 0.6) is 0 Å². The van der Waals surface area contributed by atoms with Crippen molar-refractivity contribution in [3.8, 4) is 11.3 Å². The Balaban J connectivity index is 1.62. The lowest BCUT2D eigenvalue weighted by Crippen LogP contribution is -2.35. The molecule has 0 aliphatic carbocycles. The lowest BCUT2D eigenvalue weighted by atomic mass is 9.98. The topological polar surface area (TPSA) is 76.4 Å². The number of carbonyl (C=O) groups excluding carboxylic acids is 2. The van der Waals surface area contributed by atoms with E-state index in [4.69, 9.17) is 9.47 Å². The van der Waals surface area contributed by atoms with E-state index < -0.39 is 11.7 Å². The van der Waals surface area contributed by atoms with Crippen molar-refractivity contribution in [3.05, 3.63) is 48.8 Å². The van der Waals surface area contributed by atoms with Crippen LogP contribution in [0.15, 0.2) is 48.8 Å². The number of rotatable bonds is 4. The molecule has 0 atom stereocenters. The molecular formula is C26H32N4O4. The molecule has 8 nitrogen and oxygen atoms in total. The highest BCUT2D eigenvalue weighted by atomic mass is 16.6. The molecule has 1 fully saturated rings. The molecule has 0 saturated carbocycles. The van der Waals surface area contributed by atoms with E-state index in [-0.39, 0.29) is 11.8 Å². The van der Waals surface area contributed by atoms with Crippen LogP contribution < -0.4 is 9.80 Å². The number of hydrogen-bond acceptors (Lipinski definition) is 5. The number of imidazole rings is 1. The van der Waals surface area contributed by atoms with Crippen LogP contribution >= 0.6 is 0 Å². The molecule has 8 heteroatoms. The second kappa shape index (κ2) is 9.46. The van der Waals surface area contributed by atoms with Crippen LogP contribution in [0.4, 0.5) is 16.2 Å². The maximum absolute atomic E-state index is 13.0. The largest absolute Gasteiger partial charge is 0.443 e. The van der Waals surface area contributed by atoms with E-state index >= 15 is 0 Å². The molecular weight excluding hydrogens is 432 g/mol. The van der Waals surface area contributed by atoms with Gasteiger partial charge in [0.1, 0.15) is 11.2 Å². The minimum atomic E-state index is -0.579. The van der Waals surface area contributed by atoms with Crippen LogP contribution in [-0.2, 0) is 14.3 Å². The molecule has 0 N–H and O–H groups in total. The molecule has 3 heterocycles. The first kappa shape index (κ1) is 23.8. The van der Waals surface area contributed by atoms with Gasteiger partial charge in [0.05, 0.1) is 17.6 Å². The molecule has 3 aromatic rings. The third-order valence-corrected chi connectivity index (χ3v) is 5.97. The van der Waals surface area contributed by atoms with Crippen LogP contribution in [0, 0.1) is 5.92 Å². The molecule has 2 aromatic heterocycles. The summed E-state index contributed by atoms with van der Waals surface area (Å²) in [6, 6.07) is 11.6. The fraction of sp³-hybridized carbons (Fsp3) is 0.423. The quantitative estimate of drug-likeness (QED) is 0.556. The number of nitrogens with zero attached hydrogens (tertiary/aromatic N) is 4.